The van der Waals surface area contributed by atoms with Crippen LogP contribution in [0.3, 0.4) is 0 Å². The molecule has 0 saturated heterocycles. The number of nitrogens with zero attached hydrogens (tertiary/aromatic N) is 1. The highest BCUT2D eigenvalue weighted by Crippen LogP contribution is 2.50. The summed E-state index contributed by atoms with van der Waals surface area (Å²) in [6, 6.07) is 58.9. The third-order valence-electron chi connectivity index (χ3n) is 9.44. The first-order chi connectivity index (χ1) is 23.3. The molecule has 0 bridgehead atoms. The predicted octanol–water partition coefficient (Wildman–Crippen LogP) is 13.4. The number of fused-ring (bicyclic) bond motifs is 9. The van der Waals surface area contributed by atoms with Crippen LogP contribution in [0.5, 0.6) is 0 Å². The molecule has 0 amide bonds. The van der Waals surface area contributed by atoms with Crippen LogP contribution in [-0.2, 0) is 0 Å². The fourth-order valence-corrected chi connectivity index (χ4v) is 8.63. The monoisotopic (exact) mass is 617 g/mol. The van der Waals surface area contributed by atoms with Crippen molar-refractivity contribution >= 4 is 92.1 Å². The number of para-hydroxylation sites is 3. The number of rotatable bonds is 4. The van der Waals surface area contributed by atoms with E-state index < -0.39 is 0 Å². The van der Waals surface area contributed by atoms with Gasteiger partial charge in [0.15, 0.2) is 0 Å². The van der Waals surface area contributed by atoms with Crippen LogP contribution >= 0.6 is 11.3 Å². The summed E-state index contributed by atoms with van der Waals surface area (Å²) in [5.41, 5.74) is 7.60. The lowest BCUT2D eigenvalue weighted by Gasteiger charge is -2.27. The normalized spacial score (nSPS) is 11.8. The van der Waals surface area contributed by atoms with Crippen LogP contribution in [0.4, 0.5) is 17.1 Å². The van der Waals surface area contributed by atoms with Gasteiger partial charge in [-0.1, -0.05) is 121 Å². The van der Waals surface area contributed by atoms with Crippen molar-refractivity contribution in [3.05, 3.63) is 164 Å². The highest BCUT2D eigenvalue weighted by molar-refractivity contribution is 7.26. The predicted molar refractivity (Wildman–Crippen MR) is 202 cm³/mol. The van der Waals surface area contributed by atoms with Crippen molar-refractivity contribution < 1.29 is 4.42 Å². The molecule has 2 aromatic heterocycles. The molecule has 0 aliphatic rings. The van der Waals surface area contributed by atoms with Gasteiger partial charge in [0.25, 0.3) is 0 Å². The van der Waals surface area contributed by atoms with E-state index in [0.717, 1.165) is 38.9 Å². The van der Waals surface area contributed by atoms with E-state index in [1.807, 2.05) is 17.4 Å². The minimum absolute atomic E-state index is 0.914. The van der Waals surface area contributed by atoms with Gasteiger partial charge in [-0.2, -0.15) is 0 Å². The smallest absolute Gasteiger partial charge is 0.143 e. The number of furan rings is 1. The molecule has 0 unspecified atom stereocenters. The second-order valence-corrected chi connectivity index (χ2v) is 13.1. The second kappa shape index (κ2) is 10.3. The first-order valence-corrected chi connectivity index (χ1v) is 16.8. The molecule has 0 radical (unpaired) electrons. The first-order valence-electron chi connectivity index (χ1n) is 15.9. The summed E-state index contributed by atoms with van der Waals surface area (Å²) >= 11 is 1.88. The lowest BCUT2D eigenvalue weighted by Crippen LogP contribution is -2.10. The highest BCUT2D eigenvalue weighted by atomic mass is 32.1. The van der Waals surface area contributed by atoms with E-state index in [4.69, 9.17) is 4.42 Å². The van der Waals surface area contributed by atoms with Crippen LogP contribution in [0.15, 0.2) is 168 Å². The van der Waals surface area contributed by atoms with Crippen LogP contribution in [0.1, 0.15) is 0 Å². The maximum atomic E-state index is 6.58. The maximum Gasteiger partial charge on any atom is 0.143 e. The Morgan fingerprint density at radius 3 is 2.00 bits per heavy atom. The molecule has 47 heavy (non-hydrogen) atoms. The maximum absolute atomic E-state index is 6.58. The van der Waals surface area contributed by atoms with E-state index in [2.05, 4.69) is 163 Å². The average molecular weight is 618 g/mol. The number of thiophene rings is 1. The third-order valence-corrected chi connectivity index (χ3v) is 10.6. The van der Waals surface area contributed by atoms with Gasteiger partial charge in [-0.3, -0.25) is 0 Å². The molecule has 220 valence electrons. The van der Waals surface area contributed by atoms with Crippen molar-refractivity contribution in [3.63, 3.8) is 0 Å². The quantitative estimate of drug-likeness (QED) is 0.195. The minimum Gasteiger partial charge on any atom is -0.455 e. The molecule has 0 aliphatic heterocycles. The number of hydrogen-bond acceptors (Lipinski definition) is 3. The molecule has 10 aromatic rings. The van der Waals surface area contributed by atoms with Crippen molar-refractivity contribution in [2.75, 3.05) is 4.90 Å². The van der Waals surface area contributed by atoms with Gasteiger partial charge in [-0.25, -0.2) is 0 Å². The van der Waals surface area contributed by atoms with Crippen molar-refractivity contribution in [3.8, 4) is 11.1 Å². The van der Waals surface area contributed by atoms with E-state index in [-0.39, 0.29) is 0 Å². The van der Waals surface area contributed by atoms with Gasteiger partial charge in [0, 0.05) is 53.0 Å². The molecule has 3 heteroatoms. The Balaban J connectivity index is 1.32. The van der Waals surface area contributed by atoms with Gasteiger partial charge < -0.3 is 9.32 Å². The van der Waals surface area contributed by atoms with Gasteiger partial charge in [0.1, 0.15) is 11.2 Å². The van der Waals surface area contributed by atoms with Gasteiger partial charge >= 0.3 is 0 Å². The zero-order valence-electron chi connectivity index (χ0n) is 25.4. The fourth-order valence-electron chi connectivity index (χ4n) is 7.39. The summed E-state index contributed by atoms with van der Waals surface area (Å²) in [6.45, 7) is 0. The molecule has 0 N–H and O–H groups in total. The van der Waals surface area contributed by atoms with Crippen LogP contribution in [0, 0.1) is 0 Å². The Kier molecular flexibility index (Phi) is 5.78. The topological polar surface area (TPSA) is 16.4 Å². The second-order valence-electron chi connectivity index (χ2n) is 12.0. The van der Waals surface area contributed by atoms with Gasteiger partial charge in [0.2, 0.25) is 0 Å². The summed E-state index contributed by atoms with van der Waals surface area (Å²) < 4.78 is 9.15. The number of benzene rings is 8. The third kappa shape index (κ3) is 3.97. The summed E-state index contributed by atoms with van der Waals surface area (Å²) in [4.78, 5) is 2.44. The Morgan fingerprint density at radius 2 is 1.11 bits per heavy atom. The molecule has 2 heterocycles. The molecule has 2 nitrogen and oxygen atoms in total. The molecular weight excluding hydrogens is 591 g/mol. The zero-order valence-corrected chi connectivity index (χ0v) is 26.2. The minimum atomic E-state index is 0.914. The van der Waals surface area contributed by atoms with Gasteiger partial charge in [-0.05, 0) is 58.8 Å². The Labute approximate surface area is 275 Å². The van der Waals surface area contributed by atoms with Gasteiger partial charge in [-0.15, -0.1) is 11.3 Å². The van der Waals surface area contributed by atoms with Crippen molar-refractivity contribution in [1.82, 2.24) is 0 Å². The van der Waals surface area contributed by atoms with Gasteiger partial charge in [0.05, 0.1) is 11.4 Å². The number of hydrogen-bond donors (Lipinski definition) is 0. The molecule has 0 aliphatic carbocycles. The average Bonchev–Trinajstić information content (AvgIpc) is 3.71. The van der Waals surface area contributed by atoms with E-state index in [1.54, 1.807) is 0 Å². The van der Waals surface area contributed by atoms with E-state index in [0.29, 0.717) is 0 Å². The summed E-state index contributed by atoms with van der Waals surface area (Å²) in [7, 11) is 0. The molecule has 8 aromatic carbocycles. The van der Waals surface area contributed by atoms with E-state index in [1.165, 1.54) is 53.0 Å². The lowest BCUT2D eigenvalue weighted by atomic mass is 9.94. The van der Waals surface area contributed by atoms with Crippen LogP contribution < -0.4 is 4.90 Å². The van der Waals surface area contributed by atoms with E-state index in [9.17, 15) is 0 Å². The summed E-state index contributed by atoms with van der Waals surface area (Å²) in [6.07, 6.45) is 0. The molecule has 0 fully saturated rings. The van der Waals surface area contributed by atoms with E-state index >= 15 is 0 Å². The van der Waals surface area contributed by atoms with Crippen molar-refractivity contribution in [1.29, 1.82) is 0 Å². The standard InChI is InChI=1S/C44H27NOS/c1-2-15-29(16-3-1)45(38-23-10-14-28-13-4-5-17-30(28)38)39-24-12-26-41-42(39)37-27-36(31-18-6-7-20-35(31)44(37)47-41)34-22-11-21-33-32-19-8-9-25-40(32)46-43(33)34/h1-27H. The van der Waals surface area contributed by atoms with Crippen molar-refractivity contribution in [2.24, 2.45) is 0 Å². The molecule has 0 saturated carbocycles. The first kappa shape index (κ1) is 26.3. The van der Waals surface area contributed by atoms with Crippen LogP contribution in [-0.4, -0.2) is 0 Å². The lowest BCUT2D eigenvalue weighted by molar-refractivity contribution is 0.670. The molecule has 10 rings (SSSR count). The molecular formula is C44H27NOS. The molecule has 0 atom stereocenters. The molecule has 0 spiro atoms. The number of anilines is 3. The largest absolute Gasteiger partial charge is 0.455 e. The summed E-state index contributed by atoms with van der Waals surface area (Å²) in [5, 5.41) is 9.73. The Bertz CT molecular complexity index is 2800. The Morgan fingerprint density at radius 1 is 0.447 bits per heavy atom. The zero-order chi connectivity index (χ0) is 30.9. The fraction of sp³-hybridized carbons (Fsp3) is 0. The summed E-state index contributed by atoms with van der Waals surface area (Å²) in [5.74, 6) is 0. The SMILES string of the molecule is c1ccc(N(c2cccc3ccccc23)c2cccc3sc4c5ccccc5c(-c5cccc6c5oc5ccccc56)cc4c23)cc1. The van der Waals surface area contributed by atoms with Crippen LogP contribution in [0.25, 0.3) is 74.8 Å². The van der Waals surface area contributed by atoms with Crippen LogP contribution in [0.2, 0.25) is 0 Å². The highest BCUT2D eigenvalue weighted by Gasteiger charge is 2.22. The van der Waals surface area contributed by atoms with Crippen molar-refractivity contribution in [2.45, 2.75) is 0 Å². The Hall–Kier alpha value is -5.90.